The second-order valence-corrected chi connectivity index (χ2v) is 5.71. The number of H-pyrrole nitrogens is 1. The van der Waals surface area contributed by atoms with E-state index in [0.29, 0.717) is 6.61 Å². The van der Waals surface area contributed by atoms with E-state index >= 15 is 0 Å². The number of thioether (sulfide) groups is 1. The molecule has 5 heteroatoms. The van der Waals surface area contributed by atoms with Gasteiger partial charge in [-0.15, -0.1) is 0 Å². The first-order chi connectivity index (χ1) is 9.19. The van der Waals surface area contributed by atoms with Crippen molar-refractivity contribution in [1.29, 1.82) is 0 Å². The van der Waals surface area contributed by atoms with Crippen LogP contribution in [-0.2, 0) is 0 Å². The minimum Gasteiger partial charge on any atom is -0.494 e. The highest BCUT2D eigenvalue weighted by molar-refractivity contribution is 7.99. The first-order valence-corrected chi connectivity index (χ1v) is 7.68. The van der Waals surface area contributed by atoms with Crippen LogP contribution < -0.4 is 10.5 Å². The summed E-state index contributed by atoms with van der Waals surface area (Å²) in [5, 5.41) is 0.966. The lowest BCUT2D eigenvalue weighted by molar-refractivity contribution is 0.340. The summed E-state index contributed by atoms with van der Waals surface area (Å²) < 4.78 is 5.48. The maximum absolute atomic E-state index is 5.73. The Morgan fingerprint density at radius 2 is 2.32 bits per heavy atom. The van der Waals surface area contributed by atoms with Gasteiger partial charge in [0, 0.05) is 17.9 Å². The normalized spacial score (nSPS) is 12.8. The predicted molar refractivity (Wildman–Crippen MR) is 80.9 cm³/mol. The molecule has 19 heavy (non-hydrogen) atoms. The highest BCUT2D eigenvalue weighted by atomic mass is 32.2. The van der Waals surface area contributed by atoms with E-state index in [1.54, 1.807) is 11.8 Å². The van der Waals surface area contributed by atoms with Crippen molar-refractivity contribution in [2.45, 2.75) is 37.9 Å². The zero-order chi connectivity index (χ0) is 13.7. The molecule has 1 aromatic carbocycles. The lowest BCUT2D eigenvalue weighted by Crippen LogP contribution is -2.14. The average molecular weight is 279 g/mol. The highest BCUT2D eigenvalue weighted by Gasteiger charge is 2.05. The molecule has 1 atom stereocenters. The lowest BCUT2D eigenvalue weighted by Gasteiger charge is -2.02. The molecule has 4 nitrogen and oxygen atoms in total. The number of rotatable bonds is 7. The van der Waals surface area contributed by atoms with Crippen molar-refractivity contribution in [3.05, 3.63) is 18.2 Å². The van der Waals surface area contributed by atoms with E-state index in [2.05, 4.69) is 9.97 Å². The number of nitrogens with two attached hydrogens (primary N) is 1. The van der Waals surface area contributed by atoms with Crippen molar-refractivity contribution in [1.82, 2.24) is 9.97 Å². The van der Waals surface area contributed by atoms with Crippen molar-refractivity contribution in [2.24, 2.45) is 5.73 Å². The number of aromatic nitrogens is 2. The van der Waals surface area contributed by atoms with Crippen LogP contribution >= 0.6 is 11.8 Å². The van der Waals surface area contributed by atoms with E-state index < -0.39 is 0 Å². The number of benzene rings is 1. The number of nitrogens with zero attached hydrogens (tertiary/aromatic N) is 1. The smallest absolute Gasteiger partial charge is 0.166 e. The fraction of sp³-hybridized carbons (Fsp3) is 0.500. The second kappa shape index (κ2) is 6.82. The van der Waals surface area contributed by atoms with Gasteiger partial charge >= 0.3 is 0 Å². The molecule has 0 radical (unpaired) electrons. The Morgan fingerprint density at radius 1 is 1.47 bits per heavy atom. The van der Waals surface area contributed by atoms with Gasteiger partial charge in [0.15, 0.2) is 5.16 Å². The number of ether oxygens (including phenoxy) is 1. The van der Waals surface area contributed by atoms with Crippen molar-refractivity contribution in [3.63, 3.8) is 0 Å². The van der Waals surface area contributed by atoms with Gasteiger partial charge < -0.3 is 15.5 Å². The van der Waals surface area contributed by atoms with Crippen LogP contribution in [0.15, 0.2) is 23.4 Å². The van der Waals surface area contributed by atoms with Gasteiger partial charge in [-0.05, 0) is 38.8 Å². The van der Waals surface area contributed by atoms with Gasteiger partial charge in [-0.2, -0.15) is 0 Å². The number of hydrogen-bond donors (Lipinski definition) is 2. The fourth-order valence-electron chi connectivity index (χ4n) is 1.86. The molecule has 3 N–H and O–H groups in total. The fourth-order valence-corrected chi connectivity index (χ4v) is 2.71. The Balaban J connectivity index is 1.96. The lowest BCUT2D eigenvalue weighted by atomic mass is 10.2. The van der Waals surface area contributed by atoms with Crippen LogP contribution in [0.3, 0.4) is 0 Å². The van der Waals surface area contributed by atoms with Crippen molar-refractivity contribution < 1.29 is 4.74 Å². The molecule has 0 bridgehead atoms. The van der Waals surface area contributed by atoms with Crippen molar-refractivity contribution in [2.75, 3.05) is 12.4 Å². The molecule has 0 fully saturated rings. The van der Waals surface area contributed by atoms with E-state index in [1.165, 1.54) is 0 Å². The molecule has 0 saturated heterocycles. The van der Waals surface area contributed by atoms with Crippen LogP contribution in [0, 0.1) is 0 Å². The minimum absolute atomic E-state index is 0.282. The SMILES string of the molecule is CCOc1ccc2nc(SCCCC(C)N)[nH]c2c1. The molecule has 0 aliphatic carbocycles. The zero-order valence-electron chi connectivity index (χ0n) is 11.5. The van der Waals surface area contributed by atoms with Crippen molar-refractivity contribution >= 4 is 22.8 Å². The van der Waals surface area contributed by atoms with Crippen LogP contribution in [0.5, 0.6) is 5.75 Å². The van der Waals surface area contributed by atoms with Crippen LogP contribution in [0.2, 0.25) is 0 Å². The van der Waals surface area contributed by atoms with E-state index in [9.17, 15) is 0 Å². The van der Waals surface area contributed by atoms with Gasteiger partial charge in [-0.25, -0.2) is 4.98 Å². The van der Waals surface area contributed by atoms with Crippen LogP contribution in [0.4, 0.5) is 0 Å². The second-order valence-electron chi connectivity index (χ2n) is 4.62. The highest BCUT2D eigenvalue weighted by Crippen LogP contribution is 2.23. The molecule has 0 saturated carbocycles. The molecular weight excluding hydrogens is 258 g/mol. The van der Waals surface area contributed by atoms with Crippen LogP contribution in [0.1, 0.15) is 26.7 Å². The van der Waals surface area contributed by atoms with Crippen LogP contribution in [-0.4, -0.2) is 28.4 Å². The summed E-state index contributed by atoms with van der Waals surface area (Å²) in [5.74, 6) is 1.92. The third-order valence-electron chi connectivity index (χ3n) is 2.79. The number of aromatic amines is 1. The Bertz CT molecular complexity index is 524. The quantitative estimate of drug-likeness (QED) is 0.603. The summed E-state index contributed by atoms with van der Waals surface area (Å²) in [4.78, 5) is 7.87. The van der Waals surface area contributed by atoms with E-state index in [1.807, 2.05) is 32.0 Å². The summed E-state index contributed by atoms with van der Waals surface area (Å²) in [6.45, 7) is 4.70. The average Bonchev–Trinajstić information content (AvgIpc) is 2.77. The molecule has 0 amide bonds. The van der Waals surface area contributed by atoms with Gasteiger partial charge in [0.2, 0.25) is 0 Å². The first-order valence-electron chi connectivity index (χ1n) is 6.70. The molecule has 2 aromatic rings. The number of hydrogen-bond acceptors (Lipinski definition) is 4. The molecule has 0 aliphatic rings. The molecule has 104 valence electrons. The molecule has 0 aliphatic heterocycles. The molecule has 2 rings (SSSR count). The van der Waals surface area contributed by atoms with E-state index in [-0.39, 0.29) is 6.04 Å². The maximum Gasteiger partial charge on any atom is 0.166 e. The maximum atomic E-state index is 5.73. The van der Waals surface area contributed by atoms with Crippen molar-refractivity contribution in [3.8, 4) is 5.75 Å². The standard InChI is InChI=1S/C14H21N3OS/c1-3-18-11-6-7-12-13(9-11)17-14(16-12)19-8-4-5-10(2)15/h6-7,9-10H,3-5,8,15H2,1-2H3,(H,16,17). The summed E-state index contributed by atoms with van der Waals surface area (Å²) in [6.07, 6.45) is 2.17. The van der Waals surface area contributed by atoms with Gasteiger partial charge in [-0.3, -0.25) is 0 Å². The van der Waals surface area contributed by atoms with Gasteiger partial charge in [0.25, 0.3) is 0 Å². The van der Waals surface area contributed by atoms with Crippen LogP contribution in [0.25, 0.3) is 11.0 Å². The summed E-state index contributed by atoms with van der Waals surface area (Å²) in [7, 11) is 0. The molecule has 1 aromatic heterocycles. The summed E-state index contributed by atoms with van der Waals surface area (Å²) in [5.41, 5.74) is 7.74. The topological polar surface area (TPSA) is 63.9 Å². The number of nitrogens with one attached hydrogen (secondary N) is 1. The minimum atomic E-state index is 0.282. The summed E-state index contributed by atoms with van der Waals surface area (Å²) in [6, 6.07) is 6.22. The van der Waals surface area contributed by atoms with Gasteiger partial charge in [-0.1, -0.05) is 11.8 Å². The number of imidazole rings is 1. The molecule has 1 unspecified atom stereocenters. The Kier molecular flexibility index (Phi) is 5.10. The number of fused-ring (bicyclic) bond motifs is 1. The third kappa shape index (κ3) is 4.14. The van der Waals surface area contributed by atoms with Gasteiger partial charge in [0.05, 0.1) is 17.6 Å². The monoisotopic (exact) mass is 279 g/mol. The Morgan fingerprint density at radius 3 is 3.05 bits per heavy atom. The Hall–Kier alpha value is -1.20. The molecule has 0 spiro atoms. The molecular formula is C14H21N3OS. The predicted octanol–water partition coefficient (Wildman–Crippen LogP) is 3.18. The molecule has 1 heterocycles. The largest absolute Gasteiger partial charge is 0.494 e. The Labute approximate surface area is 118 Å². The van der Waals surface area contributed by atoms with Gasteiger partial charge in [0.1, 0.15) is 5.75 Å². The van der Waals surface area contributed by atoms with E-state index in [0.717, 1.165) is 40.5 Å². The third-order valence-corrected chi connectivity index (χ3v) is 3.74. The van der Waals surface area contributed by atoms with E-state index in [4.69, 9.17) is 10.5 Å². The first kappa shape index (κ1) is 14.2. The zero-order valence-corrected chi connectivity index (χ0v) is 12.3. The summed E-state index contributed by atoms with van der Waals surface area (Å²) >= 11 is 1.74.